The van der Waals surface area contributed by atoms with Crippen LogP contribution in [0.4, 0.5) is 5.69 Å². The monoisotopic (exact) mass is 380 g/mol. The second-order valence-electron chi connectivity index (χ2n) is 6.46. The summed E-state index contributed by atoms with van der Waals surface area (Å²) in [5.41, 5.74) is 1.99. The molecule has 0 radical (unpaired) electrons. The van der Waals surface area contributed by atoms with Crippen LogP contribution < -0.4 is 5.32 Å². The van der Waals surface area contributed by atoms with Gasteiger partial charge in [0.2, 0.25) is 9.84 Å². The Morgan fingerprint density at radius 3 is 2.22 bits per heavy atom. The predicted octanol–water partition coefficient (Wildman–Crippen LogP) is 4.29. The molecule has 138 valence electrons. The van der Waals surface area contributed by atoms with Crippen molar-refractivity contribution in [2.24, 2.45) is 0 Å². The molecule has 3 aromatic rings. The highest BCUT2D eigenvalue weighted by Gasteiger charge is 2.19. The van der Waals surface area contributed by atoms with E-state index in [1.54, 1.807) is 18.2 Å². The van der Waals surface area contributed by atoms with Crippen LogP contribution in [0.2, 0.25) is 0 Å². The number of anilines is 1. The van der Waals surface area contributed by atoms with E-state index in [1.165, 1.54) is 36.2 Å². The third-order valence-electron chi connectivity index (χ3n) is 4.17. The molecule has 1 amide bonds. The van der Waals surface area contributed by atoms with E-state index in [-0.39, 0.29) is 15.4 Å². The van der Waals surface area contributed by atoms with Crippen LogP contribution in [-0.2, 0) is 9.84 Å². The molecule has 0 aliphatic carbocycles. The number of nitrogens with one attached hydrogen (secondary N) is 1. The maximum absolute atomic E-state index is 12.7. The van der Waals surface area contributed by atoms with Crippen molar-refractivity contribution in [1.29, 1.82) is 0 Å². The summed E-state index contributed by atoms with van der Waals surface area (Å²) >= 11 is 0. The average molecular weight is 380 g/mol. The van der Waals surface area contributed by atoms with Gasteiger partial charge in [-0.1, -0.05) is 44.2 Å². The normalized spacial score (nSPS) is 11.4. The first-order valence-corrected chi connectivity index (χ1v) is 10.0. The van der Waals surface area contributed by atoms with Gasteiger partial charge in [0.05, 0.1) is 15.4 Å². The molecule has 5 nitrogen and oxygen atoms in total. The quantitative estimate of drug-likeness (QED) is 0.716. The zero-order valence-corrected chi connectivity index (χ0v) is 15.9. The lowest BCUT2D eigenvalue weighted by atomic mass is 10.0. The van der Waals surface area contributed by atoms with E-state index in [1.807, 2.05) is 24.3 Å². The van der Waals surface area contributed by atoms with Crippen molar-refractivity contribution in [3.63, 3.8) is 0 Å². The fourth-order valence-corrected chi connectivity index (χ4v) is 3.85. The van der Waals surface area contributed by atoms with E-state index in [0.717, 1.165) is 0 Å². The zero-order chi connectivity index (χ0) is 19.4. The third-order valence-corrected chi connectivity index (χ3v) is 5.91. The van der Waals surface area contributed by atoms with Gasteiger partial charge in [-0.2, -0.15) is 0 Å². The second-order valence-corrected chi connectivity index (χ2v) is 8.41. The smallest absolute Gasteiger partial charge is 0.257 e. The lowest BCUT2D eigenvalue weighted by molar-refractivity contribution is 0.102. The number of hydrogen-bond donors (Lipinski definition) is 1. The topological polar surface area (TPSA) is 76.1 Å². The van der Waals surface area contributed by atoms with Gasteiger partial charge in [-0.05, 0) is 41.8 Å². The van der Waals surface area contributed by atoms with Gasteiger partial charge in [0.15, 0.2) is 0 Å². The summed E-state index contributed by atoms with van der Waals surface area (Å²) < 4.78 is 25.4. The Hall–Kier alpha value is -2.99. The van der Waals surface area contributed by atoms with Crippen LogP contribution in [0.3, 0.4) is 0 Å². The molecule has 6 heteroatoms. The Kier molecular flexibility index (Phi) is 5.37. The van der Waals surface area contributed by atoms with Crippen LogP contribution in [-0.4, -0.2) is 19.3 Å². The molecule has 1 aromatic heterocycles. The van der Waals surface area contributed by atoms with Gasteiger partial charge < -0.3 is 5.32 Å². The van der Waals surface area contributed by atoms with Gasteiger partial charge >= 0.3 is 0 Å². The number of aromatic nitrogens is 1. The van der Waals surface area contributed by atoms with Gasteiger partial charge in [0.1, 0.15) is 0 Å². The maximum atomic E-state index is 12.7. The second kappa shape index (κ2) is 7.72. The number of sulfone groups is 1. The van der Waals surface area contributed by atoms with Gasteiger partial charge in [-0.15, -0.1) is 0 Å². The number of benzene rings is 2. The highest BCUT2D eigenvalue weighted by molar-refractivity contribution is 7.91. The Morgan fingerprint density at radius 2 is 1.59 bits per heavy atom. The summed E-state index contributed by atoms with van der Waals surface area (Å²) in [6, 6.07) is 17.0. The summed E-state index contributed by atoms with van der Waals surface area (Å²) in [5, 5.41) is 2.77. The zero-order valence-electron chi connectivity index (χ0n) is 15.1. The van der Waals surface area contributed by atoms with Crippen LogP contribution >= 0.6 is 0 Å². The van der Waals surface area contributed by atoms with E-state index >= 15 is 0 Å². The average Bonchev–Trinajstić information content (AvgIpc) is 2.69. The first kappa shape index (κ1) is 18.8. The number of nitrogens with zero attached hydrogens (tertiary/aromatic N) is 1. The molecule has 0 atom stereocenters. The highest BCUT2D eigenvalue weighted by atomic mass is 32.2. The molecule has 0 fully saturated rings. The lowest BCUT2D eigenvalue weighted by Gasteiger charge is -2.09. The van der Waals surface area contributed by atoms with Crippen molar-refractivity contribution < 1.29 is 13.2 Å². The molecule has 3 rings (SSSR count). The van der Waals surface area contributed by atoms with Crippen LogP contribution in [0.25, 0.3) is 0 Å². The summed E-state index contributed by atoms with van der Waals surface area (Å²) in [6.07, 6.45) is 2.60. The standard InChI is InChI=1S/C21H20N2O3S/c1-15(2)16-8-10-18(11-9-16)23-21(24)17-12-20(14-22-13-17)27(25,26)19-6-4-3-5-7-19/h3-15H,1-2H3,(H,23,24). The molecule has 2 aromatic carbocycles. The van der Waals surface area contributed by atoms with E-state index in [0.29, 0.717) is 11.6 Å². The Labute approximate surface area is 159 Å². The third kappa shape index (κ3) is 4.23. The fraction of sp³-hybridized carbons (Fsp3) is 0.143. The number of amides is 1. The van der Waals surface area contributed by atoms with Crippen molar-refractivity contribution in [3.8, 4) is 0 Å². The van der Waals surface area contributed by atoms with Crippen molar-refractivity contribution in [2.45, 2.75) is 29.6 Å². The van der Waals surface area contributed by atoms with Gasteiger partial charge in [0, 0.05) is 18.1 Å². The molecule has 1 N–H and O–H groups in total. The van der Waals surface area contributed by atoms with Crippen molar-refractivity contribution in [3.05, 3.63) is 84.2 Å². The van der Waals surface area contributed by atoms with Crippen molar-refractivity contribution in [1.82, 2.24) is 4.98 Å². The minimum absolute atomic E-state index is 0.0171. The predicted molar refractivity (Wildman–Crippen MR) is 105 cm³/mol. The summed E-state index contributed by atoms with van der Waals surface area (Å²) in [5.74, 6) is -0.0104. The van der Waals surface area contributed by atoms with E-state index in [4.69, 9.17) is 0 Å². The molecule has 27 heavy (non-hydrogen) atoms. The number of carbonyl (C=O) groups excluding carboxylic acids is 1. The maximum Gasteiger partial charge on any atom is 0.257 e. The first-order chi connectivity index (χ1) is 12.9. The summed E-state index contributed by atoms with van der Waals surface area (Å²) in [7, 11) is -3.73. The summed E-state index contributed by atoms with van der Waals surface area (Å²) in [4.78, 5) is 16.6. The van der Waals surface area contributed by atoms with Crippen LogP contribution in [0, 0.1) is 0 Å². The minimum Gasteiger partial charge on any atom is -0.322 e. The van der Waals surface area contributed by atoms with Crippen molar-refractivity contribution >= 4 is 21.4 Å². The van der Waals surface area contributed by atoms with Crippen LogP contribution in [0.15, 0.2) is 82.8 Å². The fourth-order valence-electron chi connectivity index (χ4n) is 2.58. The molecule has 0 unspecified atom stereocenters. The number of rotatable bonds is 5. The molecule has 0 aliphatic heterocycles. The minimum atomic E-state index is -3.73. The Balaban J connectivity index is 1.84. The van der Waals surface area contributed by atoms with Crippen LogP contribution in [0.1, 0.15) is 35.7 Å². The Bertz CT molecular complexity index is 1040. The largest absolute Gasteiger partial charge is 0.322 e. The molecule has 0 spiro atoms. The van der Waals surface area contributed by atoms with Gasteiger partial charge in [-0.25, -0.2) is 8.42 Å². The molecule has 1 heterocycles. The number of carbonyl (C=O) groups is 1. The summed E-state index contributed by atoms with van der Waals surface area (Å²) in [6.45, 7) is 4.19. The van der Waals surface area contributed by atoms with Crippen molar-refractivity contribution in [2.75, 3.05) is 5.32 Å². The number of pyridine rings is 1. The van der Waals surface area contributed by atoms with Gasteiger partial charge in [-0.3, -0.25) is 9.78 Å². The molecule has 0 bridgehead atoms. The molecule has 0 aliphatic rings. The van der Waals surface area contributed by atoms with E-state index < -0.39 is 15.7 Å². The molecule has 0 saturated carbocycles. The molecular weight excluding hydrogens is 360 g/mol. The Morgan fingerprint density at radius 1 is 0.926 bits per heavy atom. The first-order valence-electron chi connectivity index (χ1n) is 8.54. The SMILES string of the molecule is CC(C)c1ccc(NC(=O)c2cncc(S(=O)(=O)c3ccccc3)c2)cc1. The van der Waals surface area contributed by atoms with Gasteiger partial charge in [0.25, 0.3) is 5.91 Å². The molecular formula is C21H20N2O3S. The number of hydrogen-bond acceptors (Lipinski definition) is 4. The lowest BCUT2D eigenvalue weighted by Crippen LogP contribution is -2.13. The molecule has 0 saturated heterocycles. The van der Waals surface area contributed by atoms with Crippen LogP contribution in [0.5, 0.6) is 0 Å². The highest BCUT2D eigenvalue weighted by Crippen LogP contribution is 2.21. The van der Waals surface area contributed by atoms with E-state index in [9.17, 15) is 13.2 Å². The van der Waals surface area contributed by atoms with E-state index in [2.05, 4.69) is 24.1 Å².